The molecule has 0 spiro atoms. The van der Waals surface area contributed by atoms with E-state index >= 15 is 0 Å². The molecular weight excluding hydrogens is 209 g/mol. The molecule has 16 heavy (non-hydrogen) atoms. The molecule has 4 heteroatoms. The predicted octanol–water partition coefficient (Wildman–Crippen LogP) is 1.87. The molecule has 0 fully saturated rings. The van der Waals surface area contributed by atoms with Gasteiger partial charge < -0.3 is 15.2 Å². The standard InChI is InChI=1S/C12H18FNO2/c1-3-14-11(8-15)9-5-6-12(16-4-2)10(13)7-9/h5-7,11,14-15H,3-4,8H2,1-2H3. The van der Waals surface area contributed by atoms with Crippen molar-refractivity contribution in [2.75, 3.05) is 19.8 Å². The van der Waals surface area contributed by atoms with Crippen molar-refractivity contribution in [1.29, 1.82) is 0 Å². The van der Waals surface area contributed by atoms with Crippen LogP contribution in [0, 0.1) is 5.82 Å². The molecule has 0 heterocycles. The average Bonchev–Trinajstić information content (AvgIpc) is 2.29. The number of benzene rings is 1. The molecule has 1 atom stereocenters. The van der Waals surface area contributed by atoms with Gasteiger partial charge in [0, 0.05) is 0 Å². The van der Waals surface area contributed by atoms with Gasteiger partial charge in [-0.15, -0.1) is 0 Å². The summed E-state index contributed by atoms with van der Waals surface area (Å²) >= 11 is 0. The van der Waals surface area contributed by atoms with Gasteiger partial charge in [-0.2, -0.15) is 0 Å². The van der Waals surface area contributed by atoms with Gasteiger partial charge in [0.25, 0.3) is 0 Å². The van der Waals surface area contributed by atoms with Crippen molar-refractivity contribution in [3.8, 4) is 5.75 Å². The summed E-state index contributed by atoms with van der Waals surface area (Å²) in [6.07, 6.45) is 0. The number of rotatable bonds is 6. The molecule has 1 aromatic rings. The predicted molar refractivity (Wildman–Crippen MR) is 61.1 cm³/mol. The highest BCUT2D eigenvalue weighted by Gasteiger charge is 2.11. The largest absolute Gasteiger partial charge is 0.491 e. The summed E-state index contributed by atoms with van der Waals surface area (Å²) in [7, 11) is 0. The molecule has 0 saturated heterocycles. The highest BCUT2D eigenvalue weighted by Crippen LogP contribution is 2.22. The van der Waals surface area contributed by atoms with Gasteiger partial charge in [0.1, 0.15) is 0 Å². The lowest BCUT2D eigenvalue weighted by molar-refractivity contribution is 0.245. The molecule has 0 aliphatic rings. The van der Waals surface area contributed by atoms with Gasteiger partial charge in [-0.1, -0.05) is 13.0 Å². The Morgan fingerprint density at radius 3 is 2.69 bits per heavy atom. The third-order valence-electron chi connectivity index (χ3n) is 2.29. The summed E-state index contributed by atoms with van der Waals surface area (Å²) in [5, 5.41) is 12.2. The molecule has 0 radical (unpaired) electrons. The maximum absolute atomic E-state index is 13.5. The van der Waals surface area contributed by atoms with Crippen LogP contribution in [-0.4, -0.2) is 24.9 Å². The Kier molecular flexibility index (Phi) is 5.22. The summed E-state index contributed by atoms with van der Waals surface area (Å²) in [5.74, 6) is -0.143. The van der Waals surface area contributed by atoms with Gasteiger partial charge in [0.05, 0.1) is 19.3 Å². The number of ether oxygens (including phenoxy) is 1. The van der Waals surface area contributed by atoms with Crippen molar-refractivity contribution in [3.63, 3.8) is 0 Å². The summed E-state index contributed by atoms with van der Waals surface area (Å²) in [4.78, 5) is 0. The zero-order chi connectivity index (χ0) is 12.0. The topological polar surface area (TPSA) is 41.5 Å². The van der Waals surface area contributed by atoms with Crippen LogP contribution in [0.1, 0.15) is 25.5 Å². The number of hydrogen-bond acceptors (Lipinski definition) is 3. The summed E-state index contributed by atoms with van der Waals surface area (Å²) in [6, 6.07) is 4.52. The Morgan fingerprint density at radius 2 is 2.19 bits per heavy atom. The third kappa shape index (κ3) is 3.18. The Labute approximate surface area is 95.2 Å². The van der Waals surface area contributed by atoms with Gasteiger partial charge in [-0.25, -0.2) is 4.39 Å². The smallest absolute Gasteiger partial charge is 0.165 e. The lowest BCUT2D eigenvalue weighted by Crippen LogP contribution is -2.24. The zero-order valence-electron chi connectivity index (χ0n) is 9.66. The van der Waals surface area contributed by atoms with Gasteiger partial charge in [0.2, 0.25) is 0 Å². The van der Waals surface area contributed by atoms with E-state index in [1.807, 2.05) is 13.8 Å². The molecule has 0 saturated carbocycles. The van der Waals surface area contributed by atoms with Crippen molar-refractivity contribution in [2.24, 2.45) is 0 Å². The molecule has 3 nitrogen and oxygen atoms in total. The normalized spacial score (nSPS) is 12.5. The van der Waals surface area contributed by atoms with E-state index in [2.05, 4.69) is 5.32 Å². The van der Waals surface area contributed by atoms with E-state index in [1.54, 1.807) is 12.1 Å². The van der Waals surface area contributed by atoms with Crippen molar-refractivity contribution < 1.29 is 14.2 Å². The van der Waals surface area contributed by atoms with Crippen LogP contribution in [-0.2, 0) is 0 Å². The van der Waals surface area contributed by atoms with Crippen molar-refractivity contribution in [2.45, 2.75) is 19.9 Å². The lowest BCUT2D eigenvalue weighted by Gasteiger charge is -2.16. The molecular formula is C12H18FNO2. The van der Waals surface area contributed by atoms with Gasteiger partial charge in [-0.3, -0.25) is 0 Å². The minimum Gasteiger partial charge on any atom is -0.491 e. The van der Waals surface area contributed by atoms with E-state index in [0.29, 0.717) is 6.61 Å². The second-order valence-electron chi connectivity index (χ2n) is 3.42. The van der Waals surface area contributed by atoms with Crippen molar-refractivity contribution in [3.05, 3.63) is 29.6 Å². The summed E-state index contributed by atoms with van der Waals surface area (Å²) < 4.78 is 18.6. The molecule has 0 amide bonds. The number of aliphatic hydroxyl groups is 1. The van der Waals surface area contributed by atoms with Crippen LogP contribution < -0.4 is 10.1 Å². The molecule has 0 bridgehead atoms. The van der Waals surface area contributed by atoms with Crippen LogP contribution in [0.5, 0.6) is 5.75 Å². The number of aliphatic hydroxyl groups excluding tert-OH is 1. The molecule has 1 unspecified atom stereocenters. The molecule has 0 aliphatic heterocycles. The Bertz CT molecular complexity index is 331. The maximum Gasteiger partial charge on any atom is 0.165 e. The highest BCUT2D eigenvalue weighted by atomic mass is 19.1. The van der Waals surface area contributed by atoms with Crippen molar-refractivity contribution in [1.82, 2.24) is 5.32 Å². The fourth-order valence-corrected chi connectivity index (χ4v) is 1.54. The van der Waals surface area contributed by atoms with Crippen LogP contribution >= 0.6 is 0 Å². The maximum atomic E-state index is 13.5. The van der Waals surface area contributed by atoms with Crippen LogP contribution in [0.3, 0.4) is 0 Å². The molecule has 0 aromatic heterocycles. The summed E-state index contributed by atoms with van der Waals surface area (Å²) in [6.45, 7) is 4.85. The molecule has 1 aromatic carbocycles. The van der Waals surface area contributed by atoms with E-state index in [-0.39, 0.29) is 18.4 Å². The monoisotopic (exact) mass is 227 g/mol. The Balaban J connectivity index is 2.85. The van der Waals surface area contributed by atoms with Crippen molar-refractivity contribution >= 4 is 0 Å². The van der Waals surface area contributed by atoms with E-state index in [9.17, 15) is 4.39 Å². The molecule has 1 rings (SSSR count). The Hall–Kier alpha value is -1.13. The van der Waals surface area contributed by atoms with Crippen LogP contribution in [0.15, 0.2) is 18.2 Å². The SMILES string of the molecule is CCNC(CO)c1ccc(OCC)c(F)c1. The molecule has 0 aliphatic carbocycles. The first-order chi connectivity index (χ1) is 7.72. The van der Waals surface area contributed by atoms with Gasteiger partial charge in [-0.05, 0) is 31.2 Å². The van der Waals surface area contributed by atoms with Crippen LogP contribution in [0.4, 0.5) is 4.39 Å². The van der Waals surface area contributed by atoms with E-state index in [1.165, 1.54) is 6.07 Å². The number of likely N-dealkylation sites (N-methyl/N-ethyl adjacent to an activating group) is 1. The van der Waals surface area contributed by atoms with Crippen LogP contribution in [0.2, 0.25) is 0 Å². The van der Waals surface area contributed by atoms with E-state index in [4.69, 9.17) is 9.84 Å². The fourth-order valence-electron chi connectivity index (χ4n) is 1.54. The van der Waals surface area contributed by atoms with Gasteiger partial charge >= 0.3 is 0 Å². The minimum atomic E-state index is -0.393. The van der Waals surface area contributed by atoms with Gasteiger partial charge in [0.15, 0.2) is 11.6 Å². The number of halogens is 1. The third-order valence-corrected chi connectivity index (χ3v) is 2.29. The Morgan fingerprint density at radius 1 is 1.44 bits per heavy atom. The second-order valence-corrected chi connectivity index (χ2v) is 3.42. The fraction of sp³-hybridized carbons (Fsp3) is 0.500. The van der Waals surface area contributed by atoms with Crippen LogP contribution in [0.25, 0.3) is 0 Å². The molecule has 2 N–H and O–H groups in total. The number of hydrogen-bond donors (Lipinski definition) is 2. The zero-order valence-corrected chi connectivity index (χ0v) is 9.66. The second kappa shape index (κ2) is 6.45. The average molecular weight is 227 g/mol. The minimum absolute atomic E-state index is 0.0543. The quantitative estimate of drug-likeness (QED) is 0.779. The first-order valence-electron chi connectivity index (χ1n) is 5.49. The lowest BCUT2D eigenvalue weighted by atomic mass is 10.1. The first kappa shape index (κ1) is 12.9. The molecule has 90 valence electrons. The summed E-state index contributed by atoms with van der Waals surface area (Å²) in [5.41, 5.74) is 0.727. The van der Waals surface area contributed by atoms with E-state index < -0.39 is 5.82 Å². The first-order valence-corrected chi connectivity index (χ1v) is 5.49. The highest BCUT2D eigenvalue weighted by molar-refractivity contribution is 5.31. The number of nitrogens with one attached hydrogen (secondary N) is 1. The van der Waals surface area contributed by atoms with E-state index in [0.717, 1.165) is 12.1 Å².